The van der Waals surface area contributed by atoms with Crippen molar-refractivity contribution >= 4 is 23.2 Å². The zero-order valence-corrected chi connectivity index (χ0v) is 16.4. The number of carbonyl (C=O) groups excluding carboxylic acids is 1. The molecule has 1 aromatic carbocycles. The zero-order chi connectivity index (χ0) is 24.3. The van der Waals surface area contributed by atoms with Crippen LogP contribution >= 0.6 is 0 Å². The van der Waals surface area contributed by atoms with Crippen LogP contribution in [0.25, 0.3) is 5.65 Å². The number of rotatable bonds is 3. The monoisotopic (exact) mass is 431 g/mol. The summed E-state index contributed by atoms with van der Waals surface area (Å²) in [6, 6.07) is 1.91. The van der Waals surface area contributed by atoms with Gasteiger partial charge in [0.1, 0.15) is 23.1 Å². The summed E-state index contributed by atoms with van der Waals surface area (Å²) in [5.74, 6) is -1.39. The standard InChI is InChI=1S/C21H22F2N6O2/c22-13-3-4-16(23)15(10-13)18-2-1-7-28(18)19-6-9-29-20(26-19)17(11-24-29)25-21(31)27-8-5-14(30)12-27/h3-4,6,9-11,14,18,30H,1-2,5,7-8,12H2,(H,25,31)/t14-,18+/m0/s1/i1D2,18D. The lowest BCUT2D eigenvalue weighted by atomic mass is 10.0. The van der Waals surface area contributed by atoms with Crippen LogP contribution in [0.15, 0.2) is 36.7 Å². The quantitative estimate of drug-likeness (QED) is 0.666. The lowest BCUT2D eigenvalue weighted by Crippen LogP contribution is -2.33. The van der Waals surface area contributed by atoms with E-state index >= 15 is 0 Å². The van der Waals surface area contributed by atoms with Gasteiger partial charge in [-0.15, -0.1) is 0 Å². The van der Waals surface area contributed by atoms with Crippen LogP contribution in [0.3, 0.4) is 0 Å². The van der Waals surface area contributed by atoms with E-state index in [1.54, 1.807) is 0 Å². The summed E-state index contributed by atoms with van der Waals surface area (Å²) >= 11 is 0. The number of nitrogens with one attached hydrogen (secondary N) is 1. The van der Waals surface area contributed by atoms with E-state index in [4.69, 9.17) is 4.11 Å². The van der Waals surface area contributed by atoms with E-state index in [9.17, 15) is 18.7 Å². The molecule has 2 aliphatic rings. The predicted octanol–water partition coefficient (Wildman–Crippen LogP) is 2.95. The van der Waals surface area contributed by atoms with Crippen LogP contribution in [0.5, 0.6) is 0 Å². The average Bonchev–Trinajstić information content (AvgIpc) is 3.45. The molecule has 162 valence electrons. The topological polar surface area (TPSA) is 86.0 Å². The smallest absolute Gasteiger partial charge is 0.322 e. The van der Waals surface area contributed by atoms with Gasteiger partial charge in [-0.3, -0.25) is 0 Å². The Morgan fingerprint density at radius 1 is 1.29 bits per heavy atom. The van der Waals surface area contributed by atoms with Gasteiger partial charge in [0.05, 0.1) is 19.7 Å². The lowest BCUT2D eigenvalue weighted by molar-refractivity contribution is 0.176. The molecule has 2 aromatic heterocycles. The minimum Gasteiger partial charge on any atom is -0.391 e. The Balaban J connectivity index is 1.52. The number of fused-ring (bicyclic) bond motifs is 1. The highest BCUT2D eigenvalue weighted by atomic mass is 19.1. The van der Waals surface area contributed by atoms with Crippen LogP contribution in [0.1, 0.15) is 34.9 Å². The molecule has 2 atom stereocenters. The van der Waals surface area contributed by atoms with Crippen molar-refractivity contribution in [3.63, 3.8) is 0 Å². The van der Waals surface area contributed by atoms with Crippen LogP contribution in [0.4, 0.5) is 25.1 Å². The molecule has 2 aliphatic heterocycles. The summed E-state index contributed by atoms with van der Waals surface area (Å²) in [4.78, 5) is 19.8. The number of nitrogens with zero attached hydrogens (tertiary/aromatic N) is 5. The Kier molecular flexibility index (Phi) is 4.12. The number of likely N-dealkylation sites (tertiary alicyclic amines) is 1. The Morgan fingerprint density at radius 2 is 2.16 bits per heavy atom. The fourth-order valence-corrected chi connectivity index (χ4v) is 3.87. The summed E-state index contributed by atoms with van der Waals surface area (Å²) in [7, 11) is 0. The third kappa shape index (κ3) is 3.67. The van der Waals surface area contributed by atoms with E-state index in [0.29, 0.717) is 13.0 Å². The second kappa shape index (κ2) is 7.77. The van der Waals surface area contributed by atoms with Crippen molar-refractivity contribution in [1.29, 1.82) is 0 Å². The number of hydrogen-bond donors (Lipinski definition) is 2. The van der Waals surface area contributed by atoms with E-state index in [-0.39, 0.29) is 35.8 Å². The molecule has 8 nitrogen and oxygen atoms in total. The molecule has 2 amide bonds. The molecular weight excluding hydrogens is 406 g/mol. The highest BCUT2D eigenvalue weighted by molar-refractivity contribution is 5.93. The van der Waals surface area contributed by atoms with Gasteiger partial charge >= 0.3 is 6.03 Å². The van der Waals surface area contributed by atoms with Crippen LogP contribution in [-0.2, 0) is 0 Å². The van der Waals surface area contributed by atoms with Crippen molar-refractivity contribution in [1.82, 2.24) is 19.5 Å². The van der Waals surface area contributed by atoms with Gasteiger partial charge in [0.2, 0.25) is 0 Å². The normalized spacial score (nSPS) is 26.7. The third-order valence-electron chi connectivity index (χ3n) is 5.45. The number of hydrogen-bond acceptors (Lipinski definition) is 5. The van der Waals surface area contributed by atoms with Crippen molar-refractivity contribution in [3.8, 4) is 0 Å². The molecule has 0 spiro atoms. The van der Waals surface area contributed by atoms with Crippen LogP contribution in [-0.4, -0.2) is 56.4 Å². The maximum Gasteiger partial charge on any atom is 0.322 e. The molecule has 0 aliphatic carbocycles. The molecule has 10 heteroatoms. The number of urea groups is 1. The SMILES string of the molecule is [2H]C1([2H])CN(c2ccn3ncc(NC(=O)N4CC[C@H](O)C4)c3n2)[C@@]([2H])(c2cc(F)ccc2F)C1. The van der Waals surface area contributed by atoms with Gasteiger partial charge in [-0.25, -0.2) is 23.1 Å². The van der Waals surface area contributed by atoms with Gasteiger partial charge in [0.15, 0.2) is 5.65 Å². The molecule has 2 saturated heterocycles. The van der Waals surface area contributed by atoms with Crippen LogP contribution < -0.4 is 10.2 Å². The number of aliphatic hydroxyl groups excluding tert-OH is 1. The van der Waals surface area contributed by atoms with Crippen molar-refractivity contribution in [2.45, 2.75) is 31.3 Å². The van der Waals surface area contributed by atoms with Crippen molar-refractivity contribution in [3.05, 3.63) is 53.9 Å². The summed E-state index contributed by atoms with van der Waals surface area (Å²) in [5, 5.41) is 16.5. The molecule has 4 heterocycles. The van der Waals surface area contributed by atoms with Gasteiger partial charge < -0.3 is 20.2 Å². The fraction of sp³-hybridized carbons (Fsp3) is 0.381. The maximum absolute atomic E-state index is 14.7. The number of carbonyl (C=O) groups is 1. The first-order chi connectivity index (χ1) is 16.1. The van der Waals surface area contributed by atoms with E-state index in [1.165, 1.54) is 32.8 Å². The van der Waals surface area contributed by atoms with Crippen LogP contribution in [0.2, 0.25) is 0 Å². The number of β-amino-alcohol motifs (C(OH)–C–C–N with tert-alkyl or cyclic N) is 1. The second-order valence-corrected chi connectivity index (χ2v) is 7.51. The number of amides is 2. The molecular formula is C21H22F2N6O2. The molecule has 5 rings (SSSR count). The number of benzene rings is 1. The number of aromatic nitrogens is 3. The van der Waals surface area contributed by atoms with E-state index in [0.717, 1.165) is 18.2 Å². The first-order valence-corrected chi connectivity index (χ1v) is 9.87. The molecule has 31 heavy (non-hydrogen) atoms. The fourth-order valence-electron chi connectivity index (χ4n) is 3.87. The van der Waals surface area contributed by atoms with Gasteiger partial charge in [0.25, 0.3) is 0 Å². The summed E-state index contributed by atoms with van der Waals surface area (Å²) < 4.78 is 55.5. The first kappa shape index (κ1) is 16.4. The molecule has 2 fully saturated rings. The average molecular weight is 431 g/mol. The second-order valence-electron chi connectivity index (χ2n) is 7.51. The summed E-state index contributed by atoms with van der Waals surface area (Å²) in [5.41, 5.74) is 0.230. The number of aliphatic hydroxyl groups is 1. The predicted molar refractivity (Wildman–Crippen MR) is 110 cm³/mol. The van der Waals surface area contributed by atoms with Crippen molar-refractivity contribution in [2.75, 3.05) is 29.9 Å². The minimum atomic E-state index is -1.95. The molecule has 0 radical (unpaired) electrons. The highest BCUT2D eigenvalue weighted by Crippen LogP contribution is 2.37. The van der Waals surface area contributed by atoms with Gasteiger partial charge in [-0.05, 0) is 43.5 Å². The highest BCUT2D eigenvalue weighted by Gasteiger charge is 2.30. The number of halogens is 2. The maximum atomic E-state index is 14.7. The lowest BCUT2D eigenvalue weighted by Gasteiger charge is -2.26. The van der Waals surface area contributed by atoms with Gasteiger partial charge in [0, 0.05) is 34.1 Å². The first-order valence-electron chi connectivity index (χ1n) is 11.4. The van der Waals surface area contributed by atoms with E-state index in [1.807, 2.05) is 0 Å². The summed E-state index contributed by atoms with van der Waals surface area (Å²) in [6.07, 6.45) is 0.598. The van der Waals surface area contributed by atoms with Crippen molar-refractivity contribution < 1.29 is 22.8 Å². The Labute approximate surface area is 181 Å². The largest absolute Gasteiger partial charge is 0.391 e. The van der Waals surface area contributed by atoms with Gasteiger partial charge in [-0.2, -0.15) is 5.10 Å². The van der Waals surface area contributed by atoms with Gasteiger partial charge in [-0.1, -0.05) is 0 Å². The van der Waals surface area contributed by atoms with Crippen LogP contribution in [0, 0.1) is 11.6 Å². The Morgan fingerprint density at radius 3 is 2.97 bits per heavy atom. The molecule has 0 saturated carbocycles. The molecule has 0 unspecified atom stereocenters. The molecule has 0 bridgehead atoms. The summed E-state index contributed by atoms with van der Waals surface area (Å²) in [6.45, 7) is 0.360. The number of anilines is 2. The van der Waals surface area contributed by atoms with E-state index in [2.05, 4.69) is 15.4 Å². The Bertz CT molecular complexity index is 1270. The molecule has 3 aromatic rings. The van der Waals surface area contributed by atoms with Crippen molar-refractivity contribution in [2.24, 2.45) is 0 Å². The molecule has 2 N–H and O–H groups in total. The Hall–Kier alpha value is -3.27. The van der Waals surface area contributed by atoms with E-state index < -0.39 is 42.6 Å². The minimum absolute atomic E-state index is 0.153. The third-order valence-corrected chi connectivity index (χ3v) is 5.45. The zero-order valence-electron chi connectivity index (χ0n) is 19.4.